The van der Waals surface area contributed by atoms with E-state index in [0.29, 0.717) is 18.0 Å². The Kier molecular flexibility index (Phi) is 9.20. The Morgan fingerprint density at radius 1 is 1.23 bits per heavy atom. The highest BCUT2D eigenvalue weighted by atomic mass is 19.4. The SMILES string of the molecule is CCOC(=O)c1[nH]ccc1NCCOC(CN(C)Cc1ccc(OC)cc1)C(F)(F)F. The Morgan fingerprint density at radius 2 is 1.94 bits per heavy atom. The number of nitrogens with one attached hydrogen (secondary N) is 2. The van der Waals surface area contributed by atoms with Crippen LogP contribution in [0, 0.1) is 0 Å². The number of halogens is 3. The van der Waals surface area contributed by atoms with Crippen LogP contribution in [0.15, 0.2) is 36.5 Å². The molecule has 0 aliphatic carbocycles. The number of hydrogen-bond donors (Lipinski definition) is 2. The van der Waals surface area contributed by atoms with Crippen LogP contribution in [-0.2, 0) is 16.0 Å². The summed E-state index contributed by atoms with van der Waals surface area (Å²) in [5.74, 6) is 0.146. The number of H-pyrrole nitrogens is 1. The second-order valence-corrected chi connectivity index (χ2v) is 6.86. The van der Waals surface area contributed by atoms with Crippen molar-refractivity contribution in [3.05, 3.63) is 47.8 Å². The fourth-order valence-electron chi connectivity index (χ4n) is 2.92. The Morgan fingerprint density at radius 3 is 2.55 bits per heavy atom. The summed E-state index contributed by atoms with van der Waals surface area (Å²) in [7, 11) is 3.16. The predicted molar refractivity (Wildman–Crippen MR) is 110 cm³/mol. The van der Waals surface area contributed by atoms with Crippen molar-refractivity contribution in [2.45, 2.75) is 25.7 Å². The molecule has 1 unspecified atom stereocenters. The van der Waals surface area contributed by atoms with Crippen molar-refractivity contribution in [3.8, 4) is 5.75 Å². The fraction of sp³-hybridized carbons (Fsp3) is 0.476. The molecule has 0 fully saturated rings. The van der Waals surface area contributed by atoms with Crippen molar-refractivity contribution < 1.29 is 32.2 Å². The van der Waals surface area contributed by atoms with Gasteiger partial charge in [-0.25, -0.2) is 4.79 Å². The average molecular weight is 443 g/mol. The highest BCUT2D eigenvalue weighted by molar-refractivity contribution is 5.93. The molecule has 1 atom stereocenters. The maximum Gasteiger partial charge on any atom is 0.415 e. The number of carbonyl (C=O) groups is 1. The van der Waals surface area contributed by atoms with Gasteiger partial charge < -0.3 is 24.5 Å². The van der Waals surface area contributed by atoms with Gasteiger partial charge in [0.25, 0.3) is 0 Å². The Hall–Kier alpha value is -2.72. The van der Waals surface area contributed by atoms with Gasteiger partial charge in [-0.2, -0.15) is 13.2 Å². The average Bonchev–Trinajstić information content (AvgIpc) is 3.19. The molecule has 2 N–H and O–H groups in total. The van der Waals surface area contributed by atoms with Gasteiger partial charge in [0.2, 0.25) is 0 Å². The molecule has 0 amide bonds. The lowest BCUT2D eigenvalue weighted by Gasteiger charge is -2.26. The van der Waals surface area contributed by atoms with Gasteiger partial charge in [-0.3, -0.25) is 4.90 Å². The van der Waals surface area contributed by atoms with Gasteiger partial charge in [0.15, 0.2) is 6.10 Å². The summed E-state index contributed by atoms with van der Waals surface area (Å²) in [4.78, 5) is 16.1. The van der Waals surface area contributed by atoms with Crippen molar-refractivity contribution in [2.75, 3.05) is 45.8 Å². The molecule has 0 saturated carbocycles. The monoisotopic (exact) mass is 443 g/mol. The van der Waals surface area contributed by atoms with E-state index < -0.39 is 18.2 Å². The van der Waals surface area contributed by atoms with Crippen LogP contribution in [-0.4, -0.2) is 68.6 Å². The Labute approximate surface area is 179 Å². The lowest BCUT2D eigenvalue weighted by molar-refractivity contribution is -0.223. The topological polar surface area (TPSA) is 75.8 Å². The first kappa shape index (κ1) is 24.5. The summed E-state index contributed by atoms with van der Waals surface area (Å²) in [6, 6.07) is 8.74. The summed E-state index contributed by atoms with van der Waals surface area (Å²) in [6.07, 6.45) is -4.89. The number of aromatic amines is 1. The molecule has 1 aromatic heterocycles. The van der Waals surface area contributed by atoms with Gasteiger partial charge in [-0.05, 0) is 37.7 Å². The first-order chi connectivity index (χ1) is 14.7. The van der Waals surface area contributed by atoms with Gasteiger partial charge in [0.05, 0.1) is 26.0 Å². The third-order valence-electron chi connectivity index (χ3n) is 4.42. The van der Waals surface area contributed by atoms with E-state index >= 15 is 0 Å². The zero-order valence-electron chi connectivity index (χ0n) is 17.8. The number of aromatic nitrogens is 1. The van der Waals surface area contributed by atoms with E-state index in [9.17, 15) is 18.0 Å². The van der Waals surface area contributed by atoms with Gasteiger partial charge >= 0.3 is 12.1 Å². The molecule has 31 heavy (non-hydrogen) atoms. The second-order valence-electron chi connectivity index (χ2n) is 6.86. The van der Waals surface area contributed by atoms with E-state index in [1.807, 2.05) is 0 Å². The van der Waals surface area contributed by atoms with Crippen LogP contribution >= 0.6 is 0 Å². The van der Waals surface area contributed by atoms with Crippen LogP contribution in [0.3, 0.4) is 0 Å². The van der Waals surface area contributed by atoms with E-state index in [1.165, 1.54) is 0 Å². The molecule has 7 nitrogen and oxygen atoms in total. The Bertz CT molecular complexity index is 809. The lowest BCUT2D eigenvalue weighted by atomic mass is 10.2. The lowest BCUT2D eigenvalue weighted by Crippen LogP contribution is -2.42. The van der Waals surface area contributed by atoms with E-state index in [4.69, 9.17) is 14.2 Å². The quantitative estimate of drug-likeness (QED) is 0.385. The summed E-state index contributed by atoms with van der Waals surface area (Å²) in [5.41, 5.74) is 1.53. The van der Waals surface area contributed by atoms with E-state index in [-0.39, 0.29) is 32.0 Å². The molecular weight excluding hydrogens is 415 g/mol. The predicted octanol–water partition coefficient (Wildman–Crippen LogP) is 3.69. The highest BCUT2D eigenvalue weighted by Crippen LogP contribution is 2.24. The molecule has 0 saturated heterocycles. The fourth-order valence-corrected chi connectivity index (χ4v) is 2.92. The number of likely N-dealkylation sites (N-methyl/N-ethyl adjacent to an activating group) is 1. The van der Waals surface area contributed by atoms with E-state index in [0.717, 1.165) is 5.56 Å². The van der Waals surface area contributed by atoms with Crippen molar-refractivity contribution in [1.29, 1.82) is 0 Å². The summed E-state index contributed by atoms with van der Waals surface area (Å²) in [6.45, 7) is 1.84. The van der Waals surface area contributed by atoms with Gasteiger partial charge in [-0.15, -0.1) is 0 Å². The van der Waals surface area contributed by atoms with Gasteiger partial charge in [0, 0.05) is 25.8 Å². The number of rotatable bonds is 12. The molecule has 2 rings (SSSR count). The normalized spacial score (nSPS) is 12.6. The van der Waals surface area contributed by atoms with Crippen LogP contribution in [0.1, 0.15) is 23.0 Å². The molecule has 0 radical (unpaired) electrons. The van der Waals surface area contributed by atoms with Crippen LogP contribution in [0.5, 0.6) is 5.75 Å². The van der Waals surface area contributed by atoms with E-state index in [2.05, 4.69) is 10.3 Å². The molecule has 0 aliphatic heterocycles. The first-order valence-electron chi connectivity index (χ1n) is 9.82. The number of ether oxygens (including phenoxy) is 3. The van der Waals surface area contributed by atoms with E-state index in [1.54, 1.807) is 62.5 Å². The standard InChI is InChI=1S/C21H28F3N3O4/c1-4-30-20(28)19-17(9-10-26-19)25-11-12-31-18(21(22,23)24)14-27(2)13-15-5-7-16(29-3)8-6-15/h5-10,18,25-26H,4,11-14H2,1-3H3. The molecule has 1 aromatic carbocycles. The summed E-state index contributed by atoms with van der Waals surface area (Å²) in [5, 5.41) is 2.89. The molecule has 0 aliphatic rings. The van der Waals surface area contributed by atoms with Crippen molar-refractivity contribution >= 4 is 11.7 Å². The van der Waals surface area contributed by atoms with Crippen LogP contribution in [0.4, 0.5) is 18.9 Å². The number of nitrogens with zero attached hydrogens (tertiary/aromatic N) is 1. The number of carbonyl (C=O) groups excluding carboxylic acids is 1. The maximum absolute atomic E-state index is 13.4. The molecule has 172 valence electrons. The summed E-state index contributed by atoms with van der Waals surface area (Å²) >= 11 is 0. The van der Waals surface area contributed by atoms with Crippen molar-refractivity contribution in [3.63, 3.8) is 0 Å². The number of alkyl halides is 3. The smallest absolute Gasteiger partial charge is 0.415 e. The molecule has 2 aromatic rings. The molecule has 0 spiro atoms. The minimum atomic E-state index is -4.50. The third kappa shape index (κ3) is 7.80. The number of benzene rings is 1. The molecule has 0 bridgehead atoms. The minimum Gasteiger partial charge on any atom is -0.497 e. The van der Waals surface area contributed by atoms with Crippen LogP contribution in [0.25, 0.3) is 0 Å². The first-order valence-corrected chi connectivity index (χ1v) is 9.82. The zero-order chi connectivity index (χ0) is 22.9. The number of esters is 1. The number of anilines is 1. The summed E-state index contributed by atoms with van der Waals surface area (Å²) < 4.78 is 55.4. The maximum atomic E-state index is 13.4. The Balaban J connectivity index is 1.85. The molecule has 10 heteroatoms. The van der Waals surface area contributed by atoms with Crippen LogP contribution in [0.2, 0.25) is 0 Å². The highest BCUT2D eigenvalue weighted by Gasteiger charge is 2.41. The van der Waals surface area contributed by atoms with Gasteiger partial charge in [0.1, 0.15) is 11.4 Å². The number of hydrogen-bond acceptors (Lipinski definition) is 6. The van der Waals surface area contributed by atoms with Crippen LogP contribution < -0.4 is 10.1 Å². The molecular formula is C21H28F3N3O4. The molecule has 1 heterocycles. The second kappa shape index (κ2) is 11.6. The third-order valence-corrected chi connectivity index (χ3v) is 4.42. The number of methoxy groups -OCH3 is 1. The van der Waals surface area contributed by atoms with Crippen molar-refractivity contribution in [2.24, 2.45) is 0 Å². The van der Waals surface area contributed by atoms with Gasteiger partial charge in [-0.1, -0.05) is 12.1 Å². The zero-order valence-corrected chi connectivity index (χ0v) is 17.8. The largest absolute Gasteiger partial charge is 0.497 e. The minimum absolute atomic E-state index is 0.0963. The van der Waals surface area contributed by atoms with Crippen molar-refractivity contribution in [1.82, 2.24) is 9.88 Å².